The van der Waals surface area contributed by atoms with Crippen LogP contribution in [-0.4, -0.2) is 45.0 Å². The van der Waals surface area contributed by atoms with Gasteiger partial charge in [0, 0.05) is 12.7 Å². The maximum Gasteiger partial charge on any atom is 0.241 e. The highest BCUT2D eigenvalue weighted by atomic mass is 32.2. The Bertz CT molecular complexity index is 814. The molecule has 1 fully saturated rings. The molecule has 0 spiro atoms. The zero-order chi connectivity index (χ0) is 18.6. The summed E-state index contributed by atoms with van der Waals surface area (Å²) in [4.78, 5) is 6.91. The Balaban J connectivity index is 1.72. The SMILES string of the molecule is CNS(=O)(=O)c1ccc(NCC(c2ccc(C)cc2)N2CCCC2)nc1. The summed E-state index contributed by atoms with van der Waals surface area (Å²) in [5, 5.41) is 3.36. The minimum Gasteiger partial charge on any atom is -0.368 e. The lowest BCUT2D eigenvalue weighted by Crippen LogP contribution is -2.31. The Kier molecular flexibility index (Phi) is 5.90. The van der Waals surface area contributed by atoms with Crippen LogP contribution in [0.15, 0.2) is 47.5 Å². The van der Waals surface area contributed by atoms with Gasteiger partial charge in [0.25, 0.3) is 0 Å². The van der Waals surface area contributed by atoms with Crippen LogP contribution in [0.2, 0.25) is 0 Å². The highest BCUT2D eigenvalue weighted by Crippen LogP contribution is 2.26. The van der Waals surface area contributed by atoms with E-state index in [9.17, 15) is 8.42 Å². The standard InChI is InChI=1S/C19H26N4O2S/c1-15-5-7-16(8-6-15)18(23-11-3-4-12-23)14-22-19-10-9-17(13-21-19)26(24,25)20-2/h5-10,13,18,20H,3-4,11-12,14H2,1-2H3,(H,21,22). The molecule has 7 heteroatoms. The van der Waals surface area contributed by atoms with Crippen molar-refractivity contribution in [2.24, 2.45) is 0 Å². The molecule has 140 valence electrons. The van der Waals surface area contributed by atoms with Gasteiger partial charge >= 0.3 is 0 Å². The molecule has 2 heterocycles. The maximum absolute atomic E-state index is 11.8. The molecule has 26 heavy (non-hydrogen) atoms. The fourth-order valence-electron chi connectivity index (χ4n) is 3.26. The third-order valence-corrected chi connectivity index (χ3v) is 6.24. The van der Waals surface area contributed by atoms with Crippen LogP contribution in [0, 0.1) is 6.92 Å². The second kappa shape index (κ2) is 8.16. The molecule has 1 unspecified atom stereocenters. The lowest BCUT2D eigenvalue weighted by atomic mass is 10.0. The highest BCUT2D eigenvalue weighted by Gasteiger charge is 2.23. The molecule has 0 bridgehead atoms. The van der Waals surface area contributed by atoms with E-state index in [1.807, 2.05) is 0 Å². The number of aryl methyl sites for hydroxylation is 1. The second-order valence-electron chi connectivity index (χ2n) is 6.64. The summed E-state index contributed by atoms with van der Waals surface area (Å²) in [6, 6.07) is 12.2. The van der Waals surface area contributed by atoms with Crippen LogP contribution in [0.25, 0.3) is 0 Å². The van der Waals surface area contributed by atoms with Crippen molar-refractivity contribution in [3.05, 3.63) is 53.7 Å². The molecule has 0 aliphatic carbocycles. The van der Waals surface area contributed by atoms with Crippen LogP contribution in [0.1, 0.15) is 30.0 Å². The second-order valence-corrected chi connectivity index (χ2v) is 8.52. The molecule has 6 nitrogen and oxygen atoms in total. The van der Waals surface area contributed by atoms with E-state index in [4.69, 9.17) is 0 Å². The van der Waals surface area contributed by atoms with Gasteiger partial charge in [-0.05, 0) is 57.6 Å². The van der Waals surface area contributed by atoms with Gasteiger partial charge in [0.15, 0.2) is 0 Å². The van der Waals surface area contributed by atoms with Gasteiger partial charge in [0.05, 0.1) is 6.04 Å². The Morgan fingerprint density at radius 1 is 1.12 bits per heavy atom. The maximum atomic E-state index is 11.8. The number of nitrogens with zero attached hydrogens (tertiary/aromatic N) is 2. The molecule has 2 N–H and O–H groups in total. The van der Waals surface area contributed by atoms with Crippen LogP contribution in [0.5, 0.6) is 0 Å². The topological polar surface area (TPSA) is 74.3 Å². The normalized spacial score (nSPS) is 16.5. The number of benzene rings is 1. The van der Waals surface area contributed by atoms with Crippen LogP contribution >= 0.6 is 0 Å². The first-order valence-corrected chi connectivity index (χ1v) is 10.4. The van der Waals surface area contributed by atoms with Crippen LogP contribution < -0.4 is 10.0 Å². The van der Waals surface area contributed by atoms with Crippen molar-refractivity contribution < 1.29 is 8.42 Å². The van der Waals surface area contributed by atoms with Crippen molar-refractivity contribution in [3.63, 3.8) is 0 Å². The van der Waals surface area contributed by atoms with Gasteiger partial charge in [-0.15, -0.1) is 0 Å². The molecule has 0 saturated carbocycles. The van der Waals surface area contributed by atoms with Gasteiger partial charge in [0.2, 0.25) is 10.0 Å². The minimum absolute atomic E-state index is 0.167. The Hall–Kier alpha value is -1.96. The quantitative estimate of drug-likeness (QED) is 0.779. The first kappa shape index (κ1) is 18.8. The van der Waals surface area contributed by atoms with E-state index >= 15 is 0 Å². The summed E-state index contributed by atoms with van der Waals surface area (Å²) in [6.45, 7) is 5.03. The van der Waals surface area contributed by atoms with E-state index in [1.54, 1.807) is 12.1 Å². The highest BCUT2D eigenvalue weighted by molar-refractivity contribution is 7.89. The fourth-order valence-corrected chi connectivity index (χ4v) is 3.94. The molecule has 0 radical (unpaired) electrons. The predicted octanol–water partition coefficient (Wildman–Crippen LogP) is 2.55. The largest absolute Gasteiger partial charge is 0.368 e. The molecule has 1 atom stereocenters. The number of hydrogen-bond acceptors (Lipinski definition) is 5. The van der Waals surface area contributed by atoms with Crippen LogP contribution in [0.3, 0.4) is 0 Å². The Labute approximate surface area is 155 Å². The number of anilines is 1. The molecule has 1 aromatic heterocycles. The Morgan fingerprint density at radius 3 is 2.38 bits per heavy atom. The predicted molar refractivity (Wildman–Crippen MR) is 104 cm³/mol. The number of rotatable bonds is 7. The minimum atomic E-state index is -3.45. The molecule has 0 amide bonds. The summed E-state index contributed by atoms with van der Waals surface area (Å²) in [6.07, 6.45) is 3.85. The average molecular weight is 375 g/mol. The average Bonchev–Trinajstić information content (AvgIpc) is 3.18. The van der Waals surface area contributed by atoms with Gasteiger partial charge in [-0.25, -0.2) is 18.1 Å². The summed E-state index contributed by atoms with van der Waals surface area (Å²) in [5.41, 5.74) is 2.55. The molecular weight excluding hydrogens is 348 g/mol. The molecule has 1 aliphatic rings. The number of hydrogen-bond donors (Lipinski definition) is 2. The van der Waals surface area contributed by atoms with E-state index in [2.05, 4.69) is 51.1 Å². The number of sulfonamides is 1. The summed E-state index contributed by atoms with van der Waals surface area (Å²) >= 11 is 0. The van der Waals surface area contributed by atoms with Crippen molar-refractivity contribution in [1.82, 2.24) is 14.6 Å². The zero-order valence-corrected chi connectivity index (χ0v) is 16.1. The third kappa shape index (κ3) is 4.41. The van der Waals surface area contributed by atoms with Crippen molar-refractivity contribution in [2.45, 2.75) is 30.7 Å². The first-order chi connectivity index (χ1) is 12.5. The van der Waals surface area contributed by atoms with E-state index in [0.717, 1.165) is 19.6 Å². The smallest absolute Gasteiger partial charge is 0.241 e. The number of likely N-dealkylation sites (tertiary alicyclic amines) is 1. The Morgan fingerprint density at radius 2 is 1.81 bits per heavy atom. The molecule has 1 aliphatic heterocycles. The number of nitrogens with one attached hydrogen (secondary N) is 2. The third-order valence-electron chi connectivity index (χ3n) is 4.84. The van der Waals surface area contributed by atoms with E-state index in [1.165, 1.54) is 37.2 Å². The van der Waals surface area contributed by atoms with Crippen molar-refractivity contribution in [2.75, 3.05) is 32.0 Å². The fraction of sp³-hybridized carbons (Fsp3) is 0.421. The van der Waals surface area contributed by atoms with Gasteiger partial charge in [-0.3, -0.25) is 4.90 Å². The lowest BCUT2D eigenvalue weighted by molar-refractivity contribution is 0.256. The van der Waals surface area contributed by atoms with E-state index < -0.39 is 10.0 Å². The molecule has 1 saturated heterocycles. The summed E-state index contributed by atoms with van der Waals surface area (Å²) < 4.78 is 25.9. The lowest BCUT2D eigenvalue weighted by Gasteiger charge is -2.28. The zero-order valence-electron chi connectivity index (χ0n) is 15.3. The van der Waals surface area contributed by atoms with Gasteiger partial charge in [-0.1, -0.05) is 29.8 Å². The van der Waals surface area contributed by atoms with Crippen LogP contribution in [0.4, 0.5) is 5.82 Å². The van der Waals surface area contributed by atoms with Crippen molar-refractivity contribution in [1.29, 1.82) is 0 Å². The monoisotopic (exact) mass is 374 g/mol. The van der Waals surface area contributed by atoms with Crippen molar-refractivity contribution in [3.8, 4) is 0 Å². The first-order valence-electron chi connectivity index (χ1n) is 8.94. The van der Waals surface area contributed by atoms with Gasteiger partial charge in [-0.2, -0.15) is 0 Å². The molecule has 1 aromatic carbocycles. The van der Waals surface area contributed by atoms with Gasteiger partial charge < -0.3 is 5.32 Å². The van der Waals surface area contributed by atoms with Crippen molar-refractivity contribution >= 4 is 15.8 Å². The van der Waals surface area contributed by atoms with Crippen LogP contribution in [-0.2, 0) is 10.0 Å². The van der Waals surface area contributed by atoms with E-state index in [-0.39, 0.29) is 10.9 Å². The van der Waals surface area contributed by atoms with E-state index in [0.29, 0.717) is 5.82 Å². The molecule has 2 aromatic rings. The summed E-state index contributed by atoms with van der Waals surface area (Å²) in [7, 11) is -2.06. The number of pyridine rings is 1. The number of aromatic nitrogens is 1. The summed E-state index contributed by atoms with van der Waals surface area (Å²) in [5.74, 6) is 0.677. The van der Waals surface area contributed by atoms with Gasteiger partial charge in [0.1, 0.15) is 10.7 Å². The molecule has 3 rings (SSSR count). The molecular formula is C19H26N4O2S.